The first-order valence-corrected chi connectivity index (χ1v) is 4.22. The van der Waals surface area contributed by atoms with Crippen LogP contribution in [0.15, 0.2) is 24.5 Å². The molecule has 0 radical (unpaired) electrons. The minimum Gasteiger partial charge on any atom is -0.464 e. The monoisotopic (exact) mass is 204 g/mol. The van der Waals surface area contributed by atoms with E-state index in [0.29, 0.717) is 11.5 Å². The van der Waals surface area contributed by atoms with Crippen LogP contribution >= 0.6 is 0 Å². The van der Waals surface area contributed by atoms with Gasteiger partial charge in [0.05, 0.1) is 7.11 Å². The number of nitrogens with zero attached hydrogens (tertiary/aromatic N) is 3. The molecule has 15 heavy (non-hydrogen) atoms. The standard InChI is InChI=1S/C9H8N4O2/c1-15-9(14)7-2-4-10-8(12-7)6-3-5-11-13-6/h2-5H,1H3,(H,11,13). The fourth-order valence-corrected chi connectivity index (χ4v) is 1.09. The van der Waals surface area contributed by atoms with Gasteiger partial charge < -0.3 is 4.74 Å². The van der Waals surface area contributed by atoms with Crippen molar-refractivity contribution in [3.63, 3.8) is 0 Å². The van der Waals surface area contributed by atoms with E-state index in [1.807, 2.05) is 0 Å². The van der Waals surface area contributed by atoms with Crippen LogP contribution in [0.3, 0.4) is 0 Å². The summed E-state index contributed by atoms with van der Waals surface area (Å²) in [5.41, 5.74) is 0.873. The van der Waals surface area contributed by atoms with Crippen molar-refractivity contribution in [2.45, 2.75) is 0 Å². The molecule has 0 saturated carbocycles. The molecule has 0 saturated heterocycles. The van der Waals surface area contributed by atoms with Crippen molar-refractivity contribution in [2.24, 2.45) is 0 Å². The second-order valence-corrected chi connectivity index (χ2v) is 2.73. The third-order valence-corrected chi connectivity index (χ3v) is 1.79. The van der Waals surface area contributed by atoms with Crippen LogP contribution in [0.2, 0.25) is 0 Å². The van der Waals surface area contributed by atoms with Gasteiger partial charge in [0.15, 0.2) is 11.5 Å². The van der Waals surface area contributed by atoms with Gasteiger partial charge in [0.1, 0.15) is 5.69 Å². The largest absolute Gasteiger partial charge is 0.464 e. The van der Waals surface area contributed by atoms with Crippen LogP contribution in [-0.4, -0.2) is 33.2 Å². The number of hydrogen-bond donors (Lipinski definition) is 1. The third-order valence-electron chi connectivity index (χ3n) is 1.79. The summed E-state index contributed by atoms with van der Waals surface area (Å²) in [5, 5.41) is 6.48. The van der Waals surface area contributed by atoms with Crippen LogP contribution < -0.4 is 0 Å². The summed E-state index contributed by atoms with van der Waals surface area (Å²) in [6.07, 6.45) is 3.08. The minimum absolute atomic E-state index is 0.220. The lowest BCUT2D eigenvalue weighted by molar-refractivity contribution is 0.0594. The van der Waals surface area contributed by atoms with Gasteiger partial charge in [0, 0.05) is 12.4 Å². The Bertz CT molecular complexity index is 467. The molecule has 0 unspecified atom stereocenters. The lowest BCUT2D eigenvalue weighted by atomic mass is 10.3. The fourth-order valence-electron chi connectivity index (χ4n) is 1.09. The predicted molar refractivity (Wildman–Crippen MR) is 51.0 cm³/mol. The maximum Gasteiger partial charge on any atom is 0.356 e. The summed E-state index contributed by atoms with van der Waals surface area (Å²) >= 11 is 0. The Morgan fingerprint density at radius 3 is 2.93 bits per heavy atom. The van der Waals surface area contributed by atoms with Crippen LogP contribution in [0, 0.1) is 0 Å². The molecular weight excluding hydrogens is 196 g/mol. The van der Waals surface area contributed by atoms with Gasteiger partial charge in [-0.3, -0.25) is 5.10 Å². The SMILES string of the molecule is COC(=O)c1ccnc(-c2ccn[nH]2)n1. The first-order chi connectivity index (χ1) is 7.31. The highest BCUT2D eigenvalue weighted by atomic mass is 16.5. The molecule has 0 atom stereocenters. The van der Waals surface area contributed by atoms with Gasteiger partial charge in [0.25, 0.3) is 0 Å². The Morgan fingerprint density at radius 2 is 2.27 bits per heavy atom. The Kier molecular flexibility index (Phi) is 2.40. The molecule has 76 valence electrons. The molecule has 2 rings (SSSR count). The maximum atomic E-state index is 11.2. The highest BCUT2D eigenvalue weighted by Gasteiger charge is 2.09. The Morgan fingerprint density at radius 1 is 1.40 bits per heavy atom. The van der Waals surface area contributed by atoms with Crippen molar-refractivity contribution >= 4 is 5.97 Å². The minimum atomic E-state index is -0.488. The maximum absolute atomic E-state index is 11.2. The Hall–Kier alpha value is -2.24. The van der Waals surface area contributed by atoms with Gasteiger partial charge in [0.2, 0.25) is 0 Å². The molecule has 0 aliphatic carbocycles. The third kappa shape index (κ3) is 1.83. The van der Waals surface area contributed by atoms with E-state index >= 15 is 0 Å². The van der Waals surface area contributed by atoms with Crippen molar-refractivity contribution in [3.8, 4) is 11.5 Å². The van der Waals surface area contributed by atoms with E-state index in [4.69, 9.17) is 0 Å². The van der Waals surface area contributed by atoms with Gasteiger partial charge in [-0.1, -0.05) is 0 Å². The summed E-state index contributed by atoms with van der Waals surface area (Å²) in [4.78, 5) is 19.2. The summed E-state index contributed by atoms with van der Waals surface area (Å²) in [5.74, 6) is -0.0754. The average Bonchev–Trinajstić information content (AvgIpc) is 2.82. The van der Waals surface area contributed by atoms with Gasteiger partial charge in [-0.15, -0.1) is 0 Å². The van der Waals surface area contributed by atoms with E-state index in [1.54, 1.807) is 12.3 Å². The van der Waals surface area contributed by atoms with Gasteiger partial charge in [-0.05, 0) is 12.1 Å². The van der Waals surface area contributed by atoms with E-state index in [-0.39, 0.29) is 5.69 Å². The number of nitrogens with one attached hydrogen (secondary N) is 1. The van der Waals surface area contributed by atoms with Crippen molar-refractivity contribution < 1.29 is 9.53 Å². The Balaban J connectivity index is 2.39. The average molecular weight is 204 g/mol. The number of methoxy groups -OCH3 is 1. The molecule has 2 aromatic rings. The number of carbonyl (C=O) groups is 1. The van der Waals surface area contributed by atoms with Crippen LogP contribution in [0.25, 0.3) is 11.5 Å². The molecule has 0 aromatic carbocycles. The molecule has 0 amide bonds. The smallest absolute Gasteiger partial charge is 0.356 e. The molecule has 0 bridgehead atoms. The molecule has 2 heterocycles. The first kappa shape index (κ1) is 9.32. The Labute approximate surface area is 85.3 Å². The second kappa shape index (κ2) is 3.87. The van der Waals surface area contributed by atoms with Crippen molar-refractivity contribution in [1.82, 2.24) is 20.2 Å². The zero-order chi connectivity index (χ0) is 10.7. The zero-order valence-electron chi connectivity index (χ0n) is 7.97. The number of esters is 1. The highest BCUT2D eigenvalue weighted by Crippen LogP contribution is 2.10. The molecule has 0 aliphatic heterocycles. The van der Waals surface area contributed by atoms with E-state index < -0.39 is 5.97 Å². The summed E-state index contributed by atoms with van der Waals surface area (Å²) in [6.45, 7) is 0. The fraction of sp³-hybridized carbons (Fsp3) is 0.111. The van der Waals surface area contributed by atoms with Gasteiger partial charge in [-0.2, -0.15) is 5.10 Å². The number of H-pyrrole nitrogens is 1. The molecule has 0 aliphatic rings. The number of rotatable bonds is 2. The lowest BCUT2D eigenvalue weighted by Gasteiger charge is -1.99. The molecule has 0 spiro atoms. The number of aromatic amines is 1. The van der Waals surface area contributed by atoms with Crippen molar-refractivity contribution in [2.75, 3.05) is 7.11 Å². The van der Waals surface area contributed by atoms with Gasteiger partial charge >= 0.3 is 5.97 Å². The van der Waals surface area contributed by atoms with Crippen LogP contribution in [-0.2, 0) is 4.74 Å². The molecule has 6 heteroatoms. The summed E-state index contributed by atoms with van der Waals surface area (Å²) in [6, 6.07) is 3.21. The molecular formula is C9H8N4O2. The summed E-state index contributed by atoms with van der Waals surface area (Å²) in [7, 11) is 1.31. The number of ether oxygens (including phenoxy) is 1. The van der Waals surface area contributed by atoms with E-state index in [9.17, 15) is 4.79 Å². The highest BCUT2D eigenvalue weighted by molar-refractivity contribution is 5.87. The number of aromatic nitrogens is 4. The van der Waals surface area contributed by atoms with Crippen molar-refractivity contribution in [1.29, 1.82) is 0 Å². The van der Waals surface area contributed by atoms with Crippen LogP contribution in [0.4, 0.5) is 0 Å². The van der Waals surface area contributed by atoms with E-state index in [2.05, 4.69) is 24.9 Å². The predicted octanol–water partition coefficient (Wildman–Crippen LogP) is 0.653. The topological polar surface area (TPSA) is 80.8 Å². The lowest BCUT2D eigenvalue weighted by Crippen LogP contribution is -2.05. The first-order valence-electron chi connectivity index (χ1n) is 4.22. The molecule has 1 N–H and O–H groups in total. The van der Waals surface area contributed by atoms with Crippen molar-refractivity contribution in [3.05, 3.63) is 30.2 Å². The molecule has 2 aromatic heterocycles. The quantitative estimate of drug-likeness (QED) is 0.726. The van der Waals surface area contributed by atoms with Crippen LogP contribution in [0.1, 0.15) is 10.5 Å². The number of carbonyl (C=O) groups excluding carboxylic acids is 1. The second-order valence-electron chi connectivity index (χ2n) is 2.73. The van der Waals surface area contributed by atoms with Crippen LogP contribution in [0.5, 0.6) is 0 Å². The molecule has 0 fully saturated rings. The summed E-state index contributed by atoms with van der Waals surface area (Å²) < 4.78 is 4.55. The van der Waals surface area contributed by atoms with E-state index in [1.165, 1.54) is 19.4 Å². The molecule has 6 nitrogen and oxygen atoms in total. The number of hydrogen-bond acceptors (Lipinski definition) is 5. The van der Waals surface area contributed by atoms with E-state index in [0.717, 1.165) is 0 Å². The normalized spacial score (nSPS) is 9.93. The zero-order valence-corrected chi connectivity index (χ0v) is 7.97. The van der Waals surface area contributed by atoms with Gasteiger partial charge in [-0.25, -0.2) is 14.8 Å².